The van der Waals surface area contributed by atoms with Gasteiger partial charge in [-0.15, -0.1) is 0 Å². The summed E-state index contributed by atoms with van der Waals surface area (Å²) >= 11 is 0. The average Bonchev–Trinajstić information content (AvgIpc) is 2.94. The number of phenolic OH excluding ortho intramolecular Hbond substituents is 1. The van der Waals surface area contributed by atoms with Gasteiger partial charge in [-0.05, 0) is 74.6 Å². The van der Waals surface area contributed by atoms with Gasteiger partial charge in [0.05, 0.1) is 8.07 Å². The second-order valence-electron chi connectivity index (χ2n) is 12.1. The molecule has 0 saturated heterocycles. The molecular formula is C34H46O5Si. The van der Waals surface area contributed by atoms with Crippen molar-refractivity contribution in [3.05, 3.63) is 83.0 Å². The van der Waals surface area contributed by atoms with E-state index in [1.807, 2.05) is 12.1 Å². The molecule has 0 radical (unpaired) electrons. The van der Waals surface area contributed by atoms with Crippen LogP contribution >= 0.6 is 0 Å². The number of rotatable bonds is 12. The van der Waals surface area contributed by atoms with Gasteiger partial charge in [0.1, 0.15) is 19.0 Å². The Morgan fingerprint density at radius 3 is 1.73 bits per heavy atom. The summed E-state index contributed by atoms with van der Waals surface area (Å²) in [6, 6.07) is 14.6. The van der Waals surface area contributed by atoms with E-state index in [-0.39, 0.29) is 19.0 Å². The fourth-order valence-electron chi connectivity index (χ4n) is 5.51. The Hall–Kier alpha value is -3.12. The van der Waals surface area contributed by atoms with Crippen molar-refractivity contribution in [2.24, 2.45) is 0 Å². The van der Waals surface area contributed by atoms with E-state index >= 15 is 0 Å². The van der Waals surface area contributed by atoms with Crippen molar-refractivity contribution in [1.82, 2.24) is 0 Å². The van der Waals surface area contributed by atoms with Crippen LogP contribution < -0.4 is 5.19 Å². The maximum atomic E-state index is 12.0. The highest BCUT2D eigenvalue weighted by Gasteiger charge is 2.27. The van der Waals surface area contributed by atoms with Crippen LogP contribution in [0.15, 0.2) is 60.7 Å². The van der Waals surface area contributed by atoms with E-state index < -0.39 is 20.0 Å². The highest BCUT2D eigenvalue weighted by Crippen LogP contribution is 2.42. The monoisotopic (exact) mass is 562 g/mol. The summed E-state index contributed by atoms with van der Waals surface area (Å²) in [7, 11) is -1.38. The van der Waals surface area contributed by atoms with E-state index in [1.54, 1.807) is 19.0 Å². The lowest BCUT2D eigenvalue weighted by Gasteiger charge is -2.30. The molecule has 1 fully saturated rings. The van der Waals surface area contributed by atoms with Crippen LogP contribution in [0.1, 0.15) is 93.4 Å². The van der Waals surface area contributed by atoms with Crippen molar-refractivity contribution in [3.8, 4) is 5.75 Å². The Kier molecular flexibility index (Phi) is 11.0. The van der Waals surface area contributed by atoms with E-state index in [0.29, 0.717) is 34.1 Å². The van der Waals surface area contributed by atoms with E-state index in [0.717, 1.165) is 31.2 Å². The van der Waals surface area contributed by atoms with Crippen molar-refractivity contribution in [2.45, 2.75) is 103 Å². The highest BCUT2D eigenvalue weighted by atomic mass is 28.3. The number of esters is 2. The van der Waals surface area contributed by atoms with E-state index in [1.165, 1.54) is 24.4 Å². The fourth-order valence-corrected chi connectivity index (χ4v) is 8.10. The van der Waals surface area contributed by atoms with Gasteiger partial charge in [0.15, 0.2) is 0 Å². The molecule has 1 aliphatic carbocycles. The van der Waals surface area contributed by atoms with Crippen molar-refractivity contribution >= 4 is 25.2 Å². The highest BCUT2D eigenvalue weighted by molar-refractivity contribution is 6.89. The van der Waals surface area contributed by atoms with Crippen molar-refractivity contribution in [2.75, 3.05) is 0 Å². The number of aromatic hydroxyl groups is 1. The molecule has 2 aromatic rings. The van der Waals surface area contributed by atoms with Gasteiger partial charge in [-0.3, -0.25) is 0 Å². The maximum Gasteiger partial charge on any atom is 0.333 e. The first-order chi connectivity index (χ1) is 18.9. The van der Waals surface area contributed by atoms with Crippen LogP contribution in [0.3, 0.4) is 0 Å². The number of hydrogen-bond acceptors (Lipinski definition) is 5. The van der Waals surface area contributed by atoms with Crippen LogP contribution in [-0.2, 0) is 32.3 Å². The number of unbranched alkanes of at least 4 members (excludes halogenated alkanes) is 1. The van der Waals surface area contributed by atoms with E-state index in [4.69, 9.17) is 9.47 Å². The Balaban J connectivity index is 1.74. The number of benzene rings is 2. The van der Waals surface area contributed by atoms with E-state index in [2.05, 4.69) is 57.4 Å². The maximum absolute atomic E-state index is 12.0. The van der Waals surface area contributed by atoms with Gasteiger partial charge in [-0.1, -0.05) is 81.5 Å². The molecule has 0 atom stereocenters. The molecule has 5 nitrogen and oxygen atoms in total. The van der Waals surface area contributed by atoms with Crippen LogP contribution in [0, 0.1) is 0 Å². The van der Waals surface area contributed by atoms with Gasteiger partial charge in [-0.25, -0.2) is 9.59 Å². The average molecular weight is 563 g/mol. The third kappa shape index (κ3) is 8.20. The molecule has 2 aromatic carbocycles. The van der Waals surface area contributed by atoms with Gasteiger partial charge in [0, 0.05) is 22.3 Å². The van der Waals surface area contributed by atoms with Crippen molar-refractivity contribution in [1.29, 1.82) is 0 Å². The van der Waals surface area contributed by atoms with Gasteiger partial charge < -0.3 is 14.6 Å². The molecule has 216 valence electrons. The number of carbonyl (C=O) groups is 2. The molecule has 1 saturated carbocycles. The van der Waals surface area contributed by atoms with Crippen molar-refractivity contribution in [3.63, 3.8) is 0 Å². The second kappa shape index (κ2) is 14.0. The molecule has 0 spiro atoms. The van der Waals surface area contributed by atoms with Crippen LogP contribution in [0.5, 0.6) is 5.75 Å². The lowest BCUT2D eigenvalue weighted by molar-refractivity contribution is -0.140. The Morgan fingerprint density at radius 2 is 1.30 bits per heavy atom. The van der Waals surface area contributed by atoms with Crippen LogP contribution in [0.4, 0.5) is 0 Å². The first-order valence-electron chi connectivity index (χ1n) is 14.5. The largest absolute Gasteiger partial charge is 0.507 e. The summed E-state index contributed by atoms with van der Waals surface area (Å²) in [5, 5.41) is 12.5. The normalized spacial score (nSPS) is 17.2. The zero-order valence-corrected chi connectivity index (χ0v) is 26.0. The minimum absolute atomic E-state index is 0.0213. The Bertz CT molecular complexity index is 1170. The van der Waals surface area contributed by atoms with Crippen LogP contribution in [0.25, 0.3) is 0 Å². The summed E-state index contributed by atoms with van der Waals surface area (Å²) in [6.07, 6.45) is 6.76. The van der Waals surface area contributed by atoms with Gasteiger partial charge in [-0.2, -0.15) is 0 Å². The smallest absolute Gasteiger partial charge is 0.333 e. The molecule has 0 heterocycles. The molecule has 40 heavy (non-hydrogen) atoms. The molecule has 3 rings (SSSR count). The topological polar surface area (TPSA) is 72.8 Å². The number of carbonyl (C=O) groups excluding carboxylic acids is 2. The van der Waals surface area contributed by atoms with E-state index in [9.17, 15) is 14.7 Å². The molecule has 0 amide bonds. The zero-order chi connectivity index (χ0) is 29.4. The molecule has 1 aliphatic rings. The van der Waals surface area contributed by atoms with Crippen LogP contribution in [0.2, 0.25) is 19.1 Å². The number of phenols is 1. The molecule has 0 aromatic heterocycles. The summed E-state index contributed by atoms with van der Waals surface area (Å²) < 4.78 is 10.7. The minimum Gasteiger partial charge on any atom is -0.507 e. The van der Waals surface area contributed by atoms with Crippen LogP contribution in [-0.4, -0.2) is 25.1 Å². The lowest BCUT2D eigenvalue weighted by Crippen LogP contribution is -2.40. The zero-order valence-electron chi connectivity index (χ0n) is 25.0. The number of ether oxygens (including phenoxy) is 2. The number of hydrogen-bond donors (Lipinski definition) is 1. The fraction of sp³-hybridized carbons (Fsp3) is 0.471. The summed E-state index contributed by atoms with van der Waals surface area (Å²) in [6.45, 7) is 17.5. The molecule has 0 aliphatic heterocycles. The molecule has 6 heteroatoms. The summed E-state index contributed by atoms with van der Waals surface area (Å²) in [4.78, 5) is 24.0. The second-order valence-corrected chi connectivity index (χ2v) is 16.9. The molecule has 0 bridgehead atoms. The third-order valence-electron chi connectivity index (χ3n) is 8.22. The summed E-state index contributed by atoms with van der Waals surface area (Å²) in [5.74, 6) is -0.199. The van der Waals surface area contributed by atoms with Gasteiger partial charge in [0.25, 0.3) is 0 Å². The predicted octanol–water partition coefficient (Wildman–Crippen LogP) is 7.79. The SMILES string of the molecule is C=C(C)C(=O)OCc1cc(C2CCC(c3ccc([Si](C)(C)CCCC)cc3)CC2)cc(COC(=O)C(=C)C)c1O. The summed E-state index contributed by atoms with van der Waals surface area (Å²) in [5.41, 5.74) is 4.09. The first kappa shape index (κ1) is 31.4. The molecular weight excluding hydrogens is 516 g/mol. The standard InChI is InChI=1S/C34H46O5Si/c1-8-9-18-40(6,7)31-16-14-26(15-17-31)25-10-12-27(13-11-25)28-19-29(21-38-33(36)23(2)3)32(35)30(20-28)22-39-34(37)24(4)5/h14-17,19-20,25,27,35H,2,4,8-13,18,21-22H2,1,3,5-7H3. The van der Waals surface area contributed by atoms with Gasteiger partial charge >= 0.3 is 11.9 Å². The minimum atomic E-state index is -1.38. The molecule has 0 unspecified atom stereocenters. The lowest BCUT2D eigenvalue weighted by atomic mass is 9.75. The first-order valence-corrected chi connectivity index (χ1v) is 17.7. The Morgan fingerprint density at radius 1 is 0.850 bits per heavy atom. The predicted molar refractivity (Wildman–Crippen MR) is 165 cm³/mol. The van der Waals surface area contributed by atoms with Crippen molar-refractivity contribution < 1.29 is 24.2 Å². The quantitative estimate of drug-likeness (QED) is 0.162. The van der Waals surface area contributed by atoms with Gasteiger partial charge in [0.2, 0.25) is 0 Å². The Labute approximate surface area is 241 Å². The third-order valence-corrected chi connectivity index (χ3v) is 11.7. The molecule has 1 N–H and O–H groups in total.